The van der Waals surface area contributed by atoms with Crippen LogP contribution in [0.2, 0.25) is 0 Å². The summed E-state index contributed by atoms with van der Waals surface area (Å²) in [6.45, 7) is 3.96. The van der Waals surface area contributed by atoms with Gasteiger partial charge in [0.05, 0.1) is 11.7 Å². The molecule has 2 atom stereocenters. The number of para-hydroxylation sites is 2. The van der Waals surface area contributed by atoms with E-state index in [0.717, 1.165) is 29.7 Å². The second-order valence-electron chi connectivity index (χ2n) is 6.34. The van der Waals surface area contributed by atoms with Crippen molar-refractivity contribution in [3.63, 3.8) is 0 Å². The zero-order valence-electron chi connectivity index (χ0n) is 14.7. The van der Waals surface area contributed by atoms with Crippen molar-refractivity contribution in [1.29, 1.82) is 0 Å². The lowest BCUT2D eigenvalue weighted by atomic mass is 9.91. The number of rotatable bonds is 6. The number of ether oxygens (including phenoxy) is 1. The molecule has 0 aromatic heterocycles. The largest absolute Gasteiger partial charge is 0.489 e. The summed E-state index contributed by atoms with van der Waals surface area (Å²) in [5.41, 5.74) is 9.69. The molecule has 0 aliphatic carbocycles. The van der Waals surface area contributed by atoms with Crippen molar-refractivity contribution in [1.82, 2.24) is 0 Å². The zero-order valence-corrected chi connectivity index (χ0v) is 14.7. The molecule has 2 heterocycles. The number of hydrogen-bond donors (Lipinski definition) is 1. The molecule has 1 aromatic carbocycles. The molecule has 6 heteroatoms. The maximum Gasteiger partial charge on any atom is 0.198 e. The molecule has 0 radical (unpaired) electrons. The van der Waals surface area contributed by atoms with Crippen LogP contribution in [0.5, 0.6) is 5.75 Å². The second-order valence-corrected chi connectivity index (χ2v) is 6.34. The van der Waals surface area contributed by atoms with E-state index in [0.29, 0.717) is 18.0 Å². The highest BCUT2D eigenvalue weighted by atomic mass is 19.1. The predicted molar refractivity (Wildman–Crippen MR) is 97.1 cm³/mol. The maximum absolute atomic E-state index is 12.9. The van der Waals surface area contributed by atoms with E-state index in [1.54, 1.807) is 6.07 Å². The molecular weight excluding hydrogens is 321 g/mol. The summed E-state index contributed by atoms with van der Waals surface area (Å²) in [5.74, 6) is 0.441. The van der Waals surface area contributed by atoms with Crippen LogP contribution in [0.4, 0.5) is 10.1 Å². The van der Waals surface area contributed by atoms with Crippen molar-refractivity contribution < 1.29 is 13.9 Å². The monoisotopic (exact) mass is 345 g/mol. The number of anilines is 1. The van der Waals surface area contributed by atoms with Crippen LogP contribution in [0, 0.1) is 0 Å². The average molecular weight is 345 g/mol. The second kappa shape index (κ2) is 7.35. The van der Waals surface area contributed by atoms with Crippen LogP contribution in [0.25, 0.3) is 0 Å². The average Bonchev–Trinajstić information content (AvgIpc) is 2.92. The Hall–Kier alpha value is -2.21. The summed E-state index contributed by atoms with van der Waals surface area (Å²) in [6.07, 6.45) is 1.03. The van der Waals surface area contributed by atoms with Crippen molar-refractivity contribution in [2.45, 2.75) is 38.9 Å². The number of benzene rings is 1. The van der Waals surface area contributed by atoms with Crippen LogP contribution in [0.1, 0.15) is 26.7 Å². The normalized spacial score (nSPS) is 23.0. The van der Waals surface area contributed by atoms with Gasteiger partial charge in [0, 0.05) is 23.4 Å². The molecule has 0 amide bonds. The van der Waals surface area contributed by atoms with Crippen LogP contribution >= 0.6 is 0 Å². The van der Waals surface area contributed by atoms with Gasteiger partial charge in [-0.25, -0.2) is 4.39 Å². The van der Waals surface area contributed by atoms with Gasteiger partial charge in [0.25, 0.3) is 0 Å². The topological polar surface area (TPSA) is 67.9 Å². The summed E-state index contributed by atoms with van der Waals surface area (Å²) in [4.78, 5) is 19.4. The molecule has 2 aliphatic heterocycles. The van der Waals surface area contributed by atoms with Gasteiger partial charge >= 0.3 is 0 Å². The van der Waals surface area contributed by atoms with Crippen LogP contribution < -0.4 is 15.4 Å². The molecule has 5 nitrogen and oxygen atoms in total. The summed E-state index contributed by atoms with van der Waals surface area (Å²) < 4.78 is 18.0. The Balaban J connectivity index is 1.97. The van der Waals surface area contributed by atoms with Crippen molar-refractivity contribution in [2.24, 2.45) is 10.7 Å². The standard InChI is InChI=1S/C19H24FN3O2/c1-3-6-14-13-11-23(19(21)18(24)17(13)12(2)22-14)15-7-4-5-8-16(15)25-10-9-20/h4-5,7-8,12,19H,3,6,9-11,21H2,1-2H3. The molecule has 0 saturated heterocycles. The minimum atomic E-state index is -0.785. The molecule has 134 valence electrons. The molecule has 1 aromatic rings. The molecule has 2 N–H and O–H groups in total. The third-order valence-electron chi connectivity index (χ3n) is 4.64. The van der Waals surface area contributed by atoms with Gasteiger partial charge in [-0.15, -0.1) is 0 Å². The fourth-order valence-corrected chi connectivity index (χ4v) is 3.54. The Kier molecular flexibility index (Phi) is 5.18. The van der Waals surface area contributed by atoms with E-state index in [-0.39, 0.29) is 18.4 Å². The molecule has 2 aliphatic rings. The predicted octanol–water partition coefficient (Wildman–Crippen LogP) is 2.65. The van der Waals surface area contributed by atoms with E-state index in [9.17, 15) is 9.18 Å². The minimum Gasteiger partial charge on any atom is -0.489 e. The first-order chi connectivity index (χ1) is 12.1. The Morgan fingerprint density at radius 2 is 2.16 bits per heavy atom. The first kappa shape index (κ1) is 17.6. The van der Waals surface area contributed by atoms with Gasteiger partial charge in [0.15, 0.2) is 5.78 Å². The molecule has 25 heavy (non-hydrogen) atoms. The Bertz CT molecular complexity index is 729. The van der Waals surface area contributed by atoms with Crippen molar-refractivity contribution >= 4 is 17.2 Å². The molecule has 0 fully saturated rings. The number of carbonyl (C=O) groups is 1. The Morgan fingerprint density at radius 1 is 1.40 bits per heavy atom. The summed E-state index contributed by atoms with van der Waals surface area (Å²) in [5, 5.41) is 0. The molecule has 0 saturated carbocycles. The highest BCUT2D eigenvalue weighted by Crippen LogP contribution is 2.36. The van der Waals surface area contributed by atoms with Crippen molar-refractivity contribution in [3.05, 3.63) is 35.4 Å². The number of ketones is 1. The van der Waals surface area contributed by atoms with Crippen molar-refractivity contribution in [2.75, 3.05) is 24.7 Å². The lowest BCUT2D eigenvalue weighted by Gasteiger charge is -2.36. The van der Waals surface area contributed by atoms with E-state index in [1.807, 2.05) is 30.0 Å². The summed E-state index contributed by atoms with van der Waals surface area (Å²) >= 11 is 0. The van der Waals surface area contributed by atoms with Gasteiger partial charge in [-0.1, -0.05) is 25.5 Å². The Morgan fingerprint density at radius 3 is 2.88 bits per heavy atom. The highest BCUT2D eigenvalue weighted by Gasteiger charge is 2.40. The number of alkyl halides is 1. The molecule has 0 bridgehead atoms. The van der Waals surface area contributed by atoms with E-state index in [1.165, 1.54) is 0 Å². The number of Topliss-reactive ketones (excluding diaryl/α,β-unsaturated/α-hetero) is 1. The number of halogens is 1. The fraction of sp³-hybridized carbons (Fsp3) is 0.474. The van der Waals surface area contributed by atoms with Gasteiger partial charge in [-0.3, -0.25) is 9.79 Å². The van der Waals surface area contributed by atoms with Gasteiger partial charge in [-0.05, 0) is 25.5 Å². The molecule has 3 rings (SSSR count). The summed E-state index contributed by atoms with van der Waals surface area (Å²) in [6, 6.07) is 7.17. The quantitative estimate of drug-likeness (QED) is 0.861. The van der Waals surface area contributed by atoms with E-state index >= 15 is 0 Å². The van der Waals surface area contributed by atoms with Crippen LogP contribution in [-0.4, -0.2) is 43.5 Å². The lowest BCUT2D eigenvalue weighted by Crippen LogP contribution is -2.53. The number of hydrogen-bond acceptors (Lipinski definition) is 5. The van der Waals surface area contributed by atoms with E-state index in [2.05, 4.69) is 11.9 Å². The SMILES string of the molecule is CCCC1=NC(C)C2=C1CN(c1ccccc1OCCF)C(N)C2=O. The van der Waals surface area contributed by atoms with Gasteiger partial charge in [0.1, 0.15) is 25.2 Å². The third kappa shape index (κ3) is 3.18. The van der Waals surface area contributed by atoms with Gasteiger partial charge in [-0.2, -0.15) is 0 Å². The molecule has 2 unspecified atom stereocenters. The zero-order chi connectivity index (χ0) is 18.0. The van der Waals surface area contributed by atoms with Crippen LogP contribution in [0.15, 0.2) is 40.4 Å². The maximum atomic E-state index is 12.9. The number of nitrogens with two attached hydrogens (primary N) is 1. The van der Waals surface area contributed by atoms with Gasteiger partial charge < -0.3 is 15.4 Å². The molecular formula is C19H24FN3O2. The van der Waals surface area contributed by atoms with Crippen LogP contribution in [0.3, 0.4) is 0 Å². The number of nitrogens with zero attached hydrogens (tertiary/aromatic N) is 2. The summed E-state index contributed by atoms with van der Waals surface area (Å²) in [7, 11) is 0. The lowest BCUT2D eigenvalue weighted by molar-refractivity contribution is -0.117. The first-order valence-corrected chi connectivity index (χ1v) is 8.72. The molecule has 0 spiro atoms. The Labute approximate surface area is 147 Å². The number of aliphatic imine (C=N–C) groups is 1. The van der Waals surface area contributed by atoms with Gasteiger partial charge in [0.2, 0.25) is 0 Å². The van der Waals surface area contributed by atoms with E-state index < -0.39 is 12.8 Å². The fourth-order valence-electron chi connectivity index (χ4n) is 3.54. The highest BCUT2D eigenvalue weighted by molar-refractivity contribution is 6.16. The van der Waals surface area contributed by atoms with Crippen molar-refractivity contribution in [3.8, 4) is 5.75 Å². The van der Waals surface area contributed by atoms with E-state index in [4.69, 9.17) is 10.5 Å². The third-order valence-corrected chi connectivity index (χ3v) is 4.64. The number of carbonyl (C=O) groups excluding carboxylic acids is 1. The first-order valence-electron chi connectivity index (χ1n) is 8.72. The van der Waals surface area contributed by atoms with Crippen LogP contribution in [-0.2, 0) is 4.79 Å². The smallest absolute Gasteiger partial charge is 0.198 e. The minimum absolute atomic E-state index is 0.0262.